The minimum Gasteiger partial charge on any atom is -0.481 e. The number of Topliss-reactive ketones (excluding diaryl/α,β-unsaturated/α-hetero) is 1. The van der Waals surface area contributed by atoms with Crippen molar-refractivity contribution >= 4 is 17.7 Å². The fourth-order valence-corrected chi connectivity index (χ4v) is 7.45. The highest BCUT2D eigenvalue weighted by Crippen LogP contribution is 2.26. The zero-order valence-electron chi connectivity index (χ0n) is 37.8. The molecule has 0 amide bonds. The summed E-state index contributed by atoms with van der Waals surface area (Å²) in [5.41, 5.74) is 5.96. The molecule has 2 heterocycles. The van der Waals surface area contributed by atoms with Gasteiger partial charge in [-0.2, -0.15) is 0 Å². The number of cyclic esters (lactones) is 1. The summed E-state index contributed by atoms with van der Waals surface area (Å²) in [4.78, 5) is 37.8. The van der Waals surface area contributed by atoms with Gasteiger partial charge < -0.3 is 76.1 Å². The first kappa shape index (κ1) is 57.7. The van der Waals surface area contributed by atoms with Crippen LogP contribution in [0.1, 0.15) is 91.9 Å². The summed E-state index contributed by atoms with van der Waals surface area (Å²) in [6, 6.07) is -1.15. The van der Waals surface area contributed by atoms with Gasteiger partial charge in [-0.1, -0.05) is 86.8 Å². The van der Waals surface area contributed by atoms with Gasteiger partial charge >= 0.3 is 11.9 Å². The third kappa shape index (κ3) is 21.4. The molecule has 0 spiro atoms. The molecule has 2 rings (SSSR count). The van der Waals surface area contributed by atoms with Gasteiger partial charge in [0.05, 0.1) is 79.6 Å². The van der Waals surface area contributed by atoms with Crippen LogP contribution >= 0.6 is 0 Å². The Labute approximate surface area is 381 Å². The molecular weight excluding hydrogens is 851 g/mol. The van der Waals surface area contributed by atoms with Crippen LogP contribution in [0.3, 0.4) is 0 Å². The highest BCUT2D eigenvalue weighted by atomic mass is 16.7. The molecule has 18 heteroatoms. The summed E-state index contributed by atoms with van der Waals surface area (Å²) in [5, 5.41) is 116. The molecule has 370 valence electrons. The molecule has 0 aliphatic carbocycles. The molecule has 18 nitrogen and oxygen atoms in total. The van der Waals surface area contributed by atoms with Gasteiger partial charge in [0.2, 0.25) is 0 Å². The van der Waals surface area contributed by atoms with Gasteiger partial charge in [-0.15, -0.1) is 0 Å². The van der Waals surface area contributed by atoms with Crippen molar-refractivity contribution in [1.29, 1.82) is 0 Å². The lowest BCUT2D eigenvalue weighted by Crippen LogP contribution is -2.61. The first-order valence-corrected chi connectivity index (χ1v) is 22.4. The number of carbonyl (C=O) groups excluding carboxylic acids is 2. The Morgan fingerprint density at radius 3 is 1.83 bits per heavy atom. The Morgan fingerprint density at radius 1 is 0.615 bits per heavy atom. The van der Waals surface area contributed by atoms with Crippen LogP contribution < -0.4 is 5.73 Å². The lowest BCUT2D eigenvalue weighted by molar-refractivity contribution is -0.277. The number of aliphatic carboxylic acids is 1. The Morgan fingerprint density at radius 2 is 1.18 bits per heavy atom. The zero-order chi connectivity index (χ0) is 48.8. The minimum atomic E-state index is -1.95. The second-order valence-electron chi connectivity index (χ2n) is 17.4. The van der Waals surface area contributed by atoms with Crippen LogP contribution in [-0.2, 0) is 28.6 Å². The molecule has 0 aromatic rings. The van der Waals surface area contributed by atoms with Crippen molar-refractivity contribution in [2.45, 2.75) is 184 Å². The number of nitrogens with two attached hydrogens (primary N) is 1. The number of carboxylic acids is 1. The molecule has 0 aromatic heterocycles. The SMILES string of the molecule is C[C@H]1[C@H](O)[C@H](C)/C=C\C=C/CC\C=C/C=C\C=C/C=C\[C@H](O[C@@H]2O[C@H](C)[C@@H](O)[C@H](N)[C@@H]2O)C[C@H](O)[C@H](C(=O)O)[C@H](O)CC(=O)C[C@H](O)[C@H](O)CC[C@H](O)C[C@H](O)C[C@H](O)CC(=O)O[C@@H]1C. The Kier molecular flexibility index (Phi) is 26.6. The molecule has 0 bridgehead atoms. The van der Waals surface area contributed by atoms with Crippen molar-refractivity contribution < 1.29 is 84.8 Å². The third-order valence-corrected chi connectivity index (χ3v) is 11.7. The Balaban J connectivity index is 2.26. The van der Waals surface area contributed by atoms with Gasteiger partial charge in [-0.05, 0) is 52.4 Å². The van der Waals surface area contributed by atoms with Gasteiger partial charge in [0, 0.05) is 31.1 Å². The van der Waals surface area contributed by atoms with E-state index in [1.807, 2.05) is 43.4 Å². The van der Waals surface area contributed by atoms with Gasteiger partial charge in [-0.3, -0.25) is 14.4 Å². The standard InChI is InChI=1S/C47H75NO17/c1-27-17-15-13-11-9-7-5-6-8-10-12-14-16-18-35(65-47-45(60)42(48)44(59)30(4)64-47)26-39(56)41(46(61)62)38(55)24-34(52)23-37(54)36(53)20-19-31(49)21-32(50)22-33(51)25-40(57)63-29(3)28(2)43(27)58/h5-6,8,10-18,27-33,35-39,41-45,47,49-51,53-56,58-60H,7,9,19-26,48H2,1-4H3,(H,61,62)/b6-5-,10-8-,13-11-,14-12-,17-15-,18-16-/t27-,28-,29-,30-,31+,32+,33+,35+,36-,37+,38-,39+,41-,42+,43-,44-,45+,47+/m1/s1. The molecule has 1 saturated heterocycles. The van der Waals surface area contributed by atoms with E-state index < -0.39 is 147 Å². The largest absolute Gasteiger partial charge is 0.481 e. The number of hydrogen-bond acceptors (Lipinski definition) is 17. The average Bonchev–Trinajstić information content (AvgIpc) is 3.22. The number of aliphatic hydroxyl groups is 10. The maximum absolute atomic E-state index is 12.9. The van der Waals surface area contributed by atoms with Crippen LogP contribution in [0.5, 0.6) is 0 Å². The lowest BCUT2D eigenvalue weighted by Gasteiger charge is -2.41. The molecule has 13 N–H and O–H groups in total. The van der Waals surface area contributed by atoms with E-state index in [1.54, 1.807) is 44.2 Å². The molecular formula is C47H75NO17. The van der Waals surface area contributed by atoms with E-state index in [-0.39, 0.29) is 31.6 Å². The van der Waals surface area contributed by atoms with E-state index in [2.05, 4.69) is 0 Å². The number of aliphatic hydroxyl groups excluding tert-OH is 10. The zero-order valence-corrected chi connectivity index (χ0v) is 37.8. The molecule has 2 aliphatic heterocycles. The lowest BCUT2D eigenvalue weighted by atomic mass is 9.88. The second kappa shape index (κ2) is 30.0. The monoisotopic (exact) mass is 926 g/mol. The van der Waals surface area contributed by atoms with Crippen molar-refractivity contribution in [2.75, 3.05) is 0 Å². The molecule has 2 aliphatic rings. The van der Waals surface area contributed by atoms with Gasteiger partial charge in [0.1, 0.15) is 23.9 Å². The number of allylic oxidation sites excluding steroid dienone is 10. The van der Waals surface area contributed by atoms with E-state index in [4.69, 9.17) is 19.9 Å². The maximum atomic E-state index is 12.9. The quantitative estimate of drug-likeness (QED) is 0.174. The smallest absolute Gasteiger partial charge is 0.311 e. The number of ether oxygens (including phenoxy) is 3. The summed E-state index contributed by atoms with van der Waals surface area (Å²) in [7, 11) is 0. The maximum Gasteiger partial charge on any atom is 0.311 e. The number of carboxylic acid groups (broad SMARTS) is 1. The van der Waals surface area contributed by atoms with E-state index >= 15 is 0 Å². The van der Waals surface area contributed by atoms with Gasteiger partial charge in [0.15, 0.2) is 6.29 Å². The summed E-state index contributed by atoms with van der Waals surface area (Å²) >= 11 is 0. The van der Waals surface area contributed by atoms with Crippen molar-refractivity contribution in [2.24, 2.45) is 23.5 Å². The summed E-state index contributed by atoms with van der Waals surface area (Å²) in [5.74, 6) is -5.88. The summed E-state index contributed by atoms with van der Waals surface area (Å²) in [6.07, 6.45) is 0.848. The minimum absolute atomic E-state index is 0.144. The normalized spacial score (nSPS) is 42.5. The Hall–Kier alpha value is -3.47. The summed E-state index contributed by atoms with van der Waals surface area (Å²) in [6.45, 7) is 6.73. The van der Waals surface area contributed by atoms with Gasteiger partial charge in [-0.25, -0.2) is 0 Å². The van der Waals surface area contributed by atoms with E-state index in [0.29, 0.717) is 0 Å². The van der Waals surface area contributed by atoms with Crippen LogP contribution in [-0.4, -0.2) is 166 Å². The molecule has 0 aromatic carbocycles. The molecule has 18 atom stereocenters. The van der Waals surface area contributed by atoms with Crippen LogP contribution in [0.25, 0.3) is 0 Å². The molecule has 0 saturated carbocycles. The van der Waals surface area contributed by atoms with Crippen molar-refractivity contribution in [3.63, 3.8) is 0 Å². The molecule has 0 radical (unpaired) electrons. The van der Waals surface area contributed by atoms with Crippen molar-refractivity contribution in [3.8, 4) is 0 Å². The van der Waals surface area contributed by atoms with Crippen molar-refractivity contribution in [3.05, 3.63) is 72.9 Å². The fraction of sp³-hybridized carbons (Fsp3) is 0.681. The van der Waals surface area contributed by atoms with Crippen LogP contribution in [0.4, 0.5) is 0 Å². The molecule has 1 fully saturated rings. The number of ketones is 1. The molecule has 0 unspecified atom stereocenters. The first-order chi connectivity index (χ1) is 30.6. The number of rotatable bonds is 3. The van der Waals surface area contributed by atoms with Crippen LogP contribution in [0.2, 0.25) is 0 Å². The van der Waals surface area contributed by atoms with E-state index in [0.717, 1.165) is 12.8 Å². The highest BCUT2D eigenvalue weighted by Gasteiger charge is 2.43. The molecule has 65 heavy (non-hydrogen) atoms. The van der Waals surface area contributed by atoms with E-state index in [1.165, 1.54) is 13.0 Å². The predicted octanol–water partition coefficient (Wildman–Crippen LogP) is 0.778. The highest BCUT2D eigenvalue weighted by molar-refractivity contribution is 5.81. The summed E-state index contributed by atoms with van der Waals surface area (Å²) < 4.78 is 17.0. The van der Waals surface area contributed by atoms with Crippen LogP contribution in [0, 0.1) is 17.8 Å². The van der Waals surface area contributed by atoms with Crippen molar-refractivity contribution in [1.82, 2.24) is 0 Å². The fourth-order valence-electron chi connectivity index (χ4n) is 7.45. The second-order valence-corrected chi connectivity index (χ2v) is 17.4. The van der Waals surface area contributed by atoms with Gasteiger partial charge in [0.25, 0.3) is 0 Å². The van der Waals surface area contributed by atoms with E-state index in [9.17, 15) is 70.6 Å². The predicted molar refractivity (Wildman–Crippen MR) is 238 cm³/mol. The number of esters is 1. The third-order valence-electron chi connectivity index (χ3n) is 11.7. The van der Waals surface area contributed by atoms with Crippen LogP contribution in [0.15, 0.2) is 72.9 Å². The average molecular weight is 926 g/mol. The number of hydrogen-bond donors (Lipinski definition) is 12. The Bertz CT molecular complexity index is 1600. The number of carbonyl (C=O) groups is 3. The topological polar surface area (TPSA) is 327 Å². The first-order valence-electron chi connectivity index (χ1n) is 22.4.